The largest absolute Gasteiger partial charge is 0.415 e. The molecule has 1 aliphatic rings. The first kappa shape index (κ1) is 21.8. The monoisotopic (exact) mass is 453 g/mol. The topological polar surface area (TPSA) is 123 Å². The number of nitrogens with zero attached hydrogens (tertiary/aromatic N) is 6. The zero-order chi connectivity index (χ0) is 23.2. The molecule has 170 valence electrons. The van der Waals surface area contributed by atoms with Crippen molar-refractivity contribution in [3.05, 3.63) is 66.2 Å². The van der Waals surface area contributed by atoms with Crippen molar-refractivity contribution < 1.29 is 9.15 Å². The minimum Gasteiger partial charge on any atom is -0.415 e. The highest BCUT2D eigenvalue weighted by atomic mass is 16.5. The SMILES string of the molecule is N#CCc1cc(-c2cncc(-c3nnc(-c4ccc(CNC5CCOCC5)cc4)o3)n2)ccn1. The maximum absolute atomic E-state index is 8.91. The van der Waals surface area contributed by atoms with Gasteiger partial charge in [0.25, 0.3) is 5.89 Å². The quantitative estimate of drug-likeness (QED) is 0.447. The van der Waals surface area contributed by atoms with E-state index in [1.807, 2.05) is 24.3 Å². The van der Waals surface area contributed by atoms with Crippen LogP contribution in [0, 0.1) is 11.3 Å². The van der Waals surface area contributed by atoms with Gasteiger partial charge in [-0.1, -0.05) is 12.1 Å². The second kappa shape index (κ2) is 10.3. The molecule has 0 bridgehead atoms. The van der Waals surface area contributed by atoms with Gasteiger partial charge in [0.05, 0.1) is 36.3 Å². The first-order valence-electron chi connectivity index (χ1n) is 11.2. The van der Waals surface area contributed by atoms with Crippen molar-refractivity contribution in [2.24, 2.45) is 0 Å². The van der Waals surface area contributed by atoms with Crippen molar-refractivity contribution >= 4 is 0 Å². The third kappa shape index (κ3) is 5.14. The van der Waals surface area contributed by atoms with Crippen molar-refractivity contribution in [3.63, 3.8) is 0 Å². The molecule has 0 unspecified atom stereocenters. The van der Waals surface area contributed by atoms with Gasteiger partial charge in [0.15, 0.2) is 0 Å². The molecule has 34 heavy (non-hydrogen) atoms. The number of hydrogen-bond acceptors (Lipinski definition) is 9. The van der Waals surface area contributed by atoms with Gasteiger partial charge >= 0.3 is 0 Å². The fourth-order valence-electron chi connectivity index (χ4n) is 3.80. The molecule has 0 aliphatic carbocycles. The molecule has 4 heterocycles. The Bertz CT molecular complexity index is 1290. The summed E-state index contributed by atoms with van der Waals surface area (Å²) in [6, 6.07) is 14.4. The highest BCUT2D eigenvalue weighted by molar-refractivity contribution is 5.62. The van der Waals surface area contributed by atoms with Crippen molar-refractivity contribution in [1.29, 1.82) is 5.26 Å². The summed E-state index contributed by atoms with van der Waals surface area (Å²) in [5, 5.41) is 20.9. The van der Waals surface area contributed by atoms with Crippen molar-refractivity contribution in [3.8, 4) is 40.4 Å². The van der Waals surface area contributed by atoms with E-state index in [9.17, 15) is 0 Å². The van der Waals surface area contributed by atoms with E-state index < -0.39 is 0 Å². The zero-order valence-corrected chi connectivity index (χ0v) is 18.5. The third-order valence-corrected chi connectivity index (χ3v) is 5.67. The summed E-state index contributed by atoms with van der Waals surface area (Å²) in [4.78, 5) is 13.1. The van der Waals surface area contributed by atoms with E-state index in [-0.39, 0.29) is 6.42 Å². The molecule has 0 radical (unpaired) electrons. The second-order valence-corrected chi connectivity index (χ2v) is 8.04. The Balaban J connectivity index is 1.29. The number of hydrogen-bond donors (Lipinski definition) is 1. The number of nitriles is 1. The molecule has 1 saturated heterocycles. The van der Waals surface area contributed by atoms with Gasteiger partial charge in [0, 0.05) is 43.1 Å². The maximum atomic E-state index is 8.91. The van der Waals surface area contributed by atoms with Crippen LogP contribution in [0.5, 0.6) is 0 Å². The summed E-state index contributed by atoms with van der Waals surface area (Å²) in [6.07, 6.45) is 7.23. The first-order valence-corrected chi connectivity index (χ1v) is 11.2. The number of nitrogens with one attached hydrogen (secondary N) is 1. The summed E-state index contributed by atoms with van der Waals surface area (Å²) in [6.45, 7) is 2.47. The van der Waals surface area contributed by atoms with E-state index in [4.69, 9.17) is 14.4 Å². The number of pyridine rings is 1. The van der Waals surface area contributed by atoms with Crippen LogP contribution in [0.1, 0.15) is 24.1 Å². The van der Waals surface area contributed by atoms with Gasteiger partial charge in [-0.15, -0.1) is 10.2 Å². The molecule has 9 heteroatoms. The lowest BCUT2D eigenvalue weighted by Crippen LogP contribution is -2.34. The van der Waals surface area contributed by atoms with Crippen LogP contribution in [0.3, 0.4) is 0 Å². The van der Waals surface area contributed by atoms with E-state index >= 15 is 0 Å². The van der Waals surface area contributed by atoms with Gasteiger partial charge in [0.2, 0.25) is 5.89 Å². The first-order chi connectivity index (χ1) is 16.8. The van der Waals surface area contributed by atoms with Crippen LogP contribution in [0.4, 0.5) is 0 Å². The van der Waals surface area contributed by atoms with Gasteiger partial charge in [-0.25, -0.2) is 4.98 Å². The third-order valence-electron chi connectivity index (χ3n) is 5.67. The van der Waals surface area contributed by atoms with E-state index in [0.717, 1.165) is 43.7 Å². The van der Waals surface area contributed by atoms with E-state index in [2.05, 4.69) is 48.7 Å². The summed E-state index contributed by atoms with van der Waals surface area (Å²) in [7, 11) is 0. The Morgan fingerprint density at radius 2 is 1.76 bits per heavy atom. The van der Waals surface area contributed by atoms with Gasteiger partial charge in [0.1, 0.15) is 5.69 Å². The van der Waals surface area contributed by atoms with Crippen LogP contribution in [0.2, 0.25) is 0 Å². The second-order valence-electron chi connectivity index (χ2n) is 8.04. The molecule has 3 aromatic heterocycles. The van der Waals surface area contributed by atoms with Crippen LogP contribution in [0.25, 0.3) is 34.3 Å². The lowest BCUT2D eigenvalue weighted by atomic mass is 10.1. The Labute approximate surface area is 196 Å². The number of rotatable bonds is 7. The molecule has 1 fully saturated rings. The van der Waals surface area contributed by atoms with Crippen LogP contribution in [-0.4, -0.2) is 44.4 Å². The highest BCUT2D eigenvalue weighted by Gasteiger charge is 2.15. The number of aromatic nitrogens is 5. The Hall–Kier alpha value is -4.00. The Morgan fingerprint density at radius 1 is 0.971 bits per heavy atom. The zero-order valence-electron chi connectivity index (χ0n) is 18.5. The maximum Gasteiger partial charge on any atom is 0.268 e. The van der Waals surface area contributed by atoms with Crippen molar-refractivity contribution in [1.82, 2.24) is 30.5 Å². The lowest BCUT2D eigenvalue weighted by molar-refractivity contribution is 0.0776. The molecular weight excluding hydrogens is 430 g/mol. The average molecular weight is 454 g/mol. The molecule has 4 aromatic rings. The Morgan fingerprint density at radius 3 is 2.59 bits per heavy atom. The van der Waals surface area contributed by atoms with Crippen LogP contribution >= 0.6 is 0 Å². The number of ether oxygens (including phenoxy) is 1. The predicted octanol–water partition coefficient (Wildman–Crippen LogP) is 3.59. The molecule has 1 aliphatic heterocycles. The van der Waals surface area contributed by atoms with Gasteiger partial charge in [-0.2, -0.15) is 5.26 Å². The molecular formula is C25H23N7O2. The summed E-state index contributed by atoms with van der Waals surface area (Å²) in [5.41, 5.74) is 4.65. The molecule has 0 amide bonds. The number of benzene rings is 1. The molecule has 0 spiro atoms. The lowest BCUT2D eigenvalue weighted by Gasteiger charge is -2.23. The normalized spacial score (nSPS) is 14.1. The molecule has 1 aromatic carbocycles. The Kier molecular flexibility index (Phi) is 6.61. The standard InChI is InChI=1S/C25H23N7O2/c26-9-5-21-13-19(6-10-28-21)22-15-27-16-23(30-22)25-32-31-24(34-25)18-3-1-17(2-4-18)14-29-20-7-11-33-12-8-20/h1-4,6,10,13,15-16,20,29H,5,7-8,11-12,14H2. The minimum absolute atomic E-state index is 0.234. The molecule has 1 N–H and O–H groups in total. The molecule has 9 nitrogen and oxygen atoms in total. The van der Waals surface area contributed by atoms with Crippen LogP contribution in [-0.2, 0) is 17.7 Å². The van der Waals surface area contributed by atoms with Gasteiger partial charge in [-0.05, 0) is 42.7 Å². The smallest absolute Gasteiger partial charge is 0.268 e. The molecule has 0 atom stereocenters. The van der Waals surface area contributed by atoms with Crippen molar-refractivity contribution in [2.45, 2.75) is 31.8 Å². The molecule has 5 rings (SSSR count). The van der Waals surface area contributed by atoms with Crippen molar-refractivity contribution in [2.75, 3.05) is 13.2 Å². The fraction of sp³-hybridized carbons (Fsp3) is 0.280. The van der Waals surface area contributed by atoms with E-state index in [1.165, 1.54) is 5.56 Å². The van der Waals surface area contributed by atoms with Crippen LogP contribution in [0.15, 0.2) is 59.4 Å². The average Bonchev–Trinajstić information content (AvgIpc) is 3.39. The highest BCUT2D eigenvalue weighted by Crippen LogP contribution is 2.25. The summed E-state index contributed by atoms with van der Waals surface area (Å²) >= 11 is 0. The van der Waals surface area contributed by atoms with Gasteiger partial charge in [-0.3, -0.25) is 9.97 Å². The van der Waals surface area contributed by atoms with Crippen LogP contribution < -0.4 is 5.32 Å². The fourth-order valence-corrected chi connectivity index (χ4v) is 3.80. The predicted molar refractivity (Wildman–Crippen MR) is 124 cm³/mol. The summed E-state index contributed by atoms with van der Waals surface area (Å²) in [5.74, 6) is 0.715. The van der Waals surface area contributed by atoms with E-state index in [1.54, 1.807) is 18.6 Å². The van der Waals surface area contributed by atoms with E-state index in [0.29, 0.717) is 34.9 Å². The van der Waals surface area contributed by atoms with Gasteiger partial charge < -0.3 is 14.5 Å². The molecule has 0 saturated carbocycles. The minimum atomic E-state index is 0.234. The summed E-state index contributed by atoms with van der Waals surface area (Å²) < 4.78 is 11.3.